The lowest BCUT2D eigenvalue weighted by atomic mass is 10.1. The van der Waals surface area contributed by atoms with E-state index in [9.17, 15) is 9.59 Å². The third-order valence-electron chi connectivity index (χ3n) is 3.22. The molecule has 0 fully saturated rings. The van der Waals surface area contributed by atoms with Gasteiger partial charge in [-0.15, -0.1) is 17.5 Å². The van der Waals surface area contributed by atoms with E-state index in [1.165, 1.54) is 11.0 Å². The van der Waals surface area contributed by atoms with Gasteiger partial charge in [-0.05, 0) is 35.0 Å². The molecule has 0 saturated heterocycles. The van der Waals surface area contributed by atoms with Crippen molar-refractivity contribution in [2.45, 2.75) is 25.8 Å². The number of tetrazole rings is 1. The number of hydrogen-bond acceptors (Lipinski definition) is 6. The number of carbonyl (C=O) groups excluding carboxylic acids is 1. The van der Waals surface area contributed by atoms with Gasteiger partial charge < -0.3 is 10.4 Å². The number of halogens is 2. The van der Waals surface area contributed by atoms with E-state index in [0.717, 1.165) is 0 Å². The number of amides is 1. The molecule has 0 aliphatic carbocycles. The normalized spacial score (nSPS) is 11.4. The summed E-state index contributed by atoms with van der Waals surface area (Å²) in [7, 11) is 0. The first-order chi connectivity index (χ1) is 11.5. The summed E-state index contributed by atoms with van der Waals surface area (Å²) < 4.78 is 1.42. The van der Waals surface area contributed by atoms with Crippen LogP contribution in [0.5, 0.6) is 0 Å². The molecular weight excluding hydrogens is 371 g/mol. The van der Waals surface area contributed by atoms with Gasteiger partial charge in [0.05, 0.1) is 22.9 Å². The van der Waals surface area contributed by atoms with Gasteiger partial charge in [0.15, 0.2) is 0 Å². The van der Waals surface area contributed by atoms with E-state index in [4.69, 9.17) is 16.7 Å². The molecule has 9 nitrogen and oxygen atoms in total. The number of aliphatic carboxylic acids is 1. The second kappa shape index (κ2) is 9.92. The maximum Gasteiger partial charge on any atom is 0.320 e. The average Bonchev–Trinajstić information content (AvgIpc) is 3.07. The summed E-state index contributed by atoms with van der Waals surface area (Å²) in [6.07, 6.45) is 2.56. The van der Waals surface area contributed by atoms with Crippen molar-refractivity contribution >= 4 is 41.6 Å². The molecule has 0 spiro atoms. The monoisotopic (exact) mass is 388 g/mol. The molecule has 0 bridgehead atoms. The molecule has 1 aromatic heterocycles. The van der Waals surface area contributed by atoms with Crippen LogP contribution in [0.4, 0.5) is 5.69 Å². The first-order valence-corrected chi connectivity index (χ1v) is 7.68. The largest absolute Gasteiger partial charge is 0.480 e. The van der Waals surface area contributed by atoms with E-state index >= 15 is 0 Å². The molecule has 2 rings (SSSR count). The molecule has 0 aliphatic heterocycles. The Labute approximate surface area is 155 Å². The number of carbonyl (C=O) groups is 2. The molecule has 11 heteroatoms. The predicted molar refractivity (Wildman–Crippen MR) is 94.4 cm³/mol. The van der Waals surface area contributed by atoms with Crippen LogP contribution < -0.4 is 10.6 Å². The summed E-state index contributed by atoms with van der Waals surface area (Å²) in [5.74, 6) is -1.38. The molecule has 0 saturated carbocycles. The SMILES string of the molecule is CCCC(NCC(=O)Nc1cc(-n2cnnn2)ccc1Cl)C(=O)O.Cl. The van der Waals surface area contributed by atoms with E-state index in [1.54, 1.807) is 18.2 Å². The van der Waals surface area contributed by atoms with Gasteiger partial charge >= 0.3 is 5.97 Å². The van der Waals surface area contributed by atoms with Crippen LogP contribution in [0.2, 0.25) is 5.02 Å². The van der Waals surface area contributed by atoms with Gasteiger partial charge in [-0.3, -0.25) is 14.9 Å². The second-order valence-electron chi connectivity index (χ2n) is 5.03. The van der Waals surface area contributed by atoms with Crippen molar-refractivity contribution in [3.05, 3.63) is 29.5 Å². The van der Waals surface area contributed by atoms with Crippen LogP contribution in [-0.4, -0.2) is 49.8 Å². The first kappa shape index (κ1) is 20.8. The molecule has 136 valence electrons. The zero-order valence-electron chi connectivity index (χ0n) is 13.3. The number of nitrogens with one attached hydrogen (secondary N) is 2. The highest BCUT2D eigenvalue weighted by atomic mass is 35.5. The smallest absolute Gasteiger partial charge is 0.320 e. The summed E-state index contributed by atoms with van der Waals surface area (Å²) in [4.78, 5) is 23.1. The summed E-state index contributed by atoms with van der Waals surface area (Å²) in [5.41, 5.74) is 1.01. The molecule has 1 heterocycles. The Hall–Kier alpha value is -2.23. The van der Waals surface area contributed by atoms with Crippen molar-refractivity contribution in [2.24, 2.45) is 0 Å². The van der Waals surface area contributed by atoms with Gasteiger partial charge in [-0.1, -0.05) is 24.9 Å². The van der Waals surface area contributed by atoms with Crippen molar-refractivity contribution in [3.8, 4) is 5.69 Å². The van der Waals surface area contributed by atoms with E-state index in [0.29, 0.717) is 29.2 Å². The van der Waals surface area contributed by atoms with Crippen molar-refractivity contribution in [2.75, 3.05) is 11.9 Å². The van der Waals surface area contributed by atoms with Crippen molar-refractivity contribution in [1.82, 2.24) is 25.5 Å². The highest BCUT2D eigenvalue weighted by molar-refractivity contribution is 6.33. The second-order valence-corrected chi connectivity index (χ2v) is 5.43. The van der Waals surface area contributed by atoms with Gasteiger partial charge in [-0.25, -0.2) is 4.68 Å². The van der Waals surface area contributed by atoms with Gasteiger partial charge in [0, 0.05) is 0 Å². The Bertz CT molecular complexity index is 711. The Morgan fingerprint density at radius 1 is 1.40 bits per heavy atom. The first-order valence-electron chi connectivity index (χ1n) is 7.30. The Kier molecular flexibility index (Phi) is 8.26. The topological polar surface area (TPSA) is 122 Å². The third kappa shape index (κ3) is 5.96. The Morgan fingerprint density at radius 3 is 2.76 bits per heavy atom. The van der Waals surface area contributed by atoms with Crippen molar-refractivity contribution in [1.29, 1.82) is 0 Å². The van der Waals surface area contributed by atoms with Gasteiger partial charge in [-0.2, -0.15) is 0 Å². The zero-order valence-corrected chi connectivity index (χ0v) is 14.9. The van der Waals surface area contributed by atoms with Crippen molar-refractivity contribution in [3.63, 3.8) is 0 Å². The molecule has 1 amide bonds. The highest BCUT2D eigenvalue weighted by Gasteiger charge is 2.17. The lowest BCUT2D eigenvalue weighted by molar-refractivity contribution is -0.139. The summed E-state index contributed by atoms with van der Waals surface area (Å²) in [5, 5.41) is 25.6. The number of aromatic nitrogens is 4. The number of benzene rings is 1. The van der Waals surface area contributed by atoms with Gasteiger partial charge in [0.2, 0.25) is 5.91 Å². The average molecular weight is 389 g/mol. The fourth-order valence-electron chi connectivity index (χ4n) is 2.04. The molecule has 1 unspecified atom stereocenters. The van der Waals surface area contributed by atoms with Crippen molar-refractivity contribution < 1.29 is 14.7 Å². The van der Waals surface area contributed by atoms with E-state index in [1.807, 2.05) is 6.92 Å². The number of rotatable bonds is 8. The van der Waals surface area contributed by atoms with Crippen LogP contribution in [0.3, 0.4) is 0 Å². The van der Waals surface area contributed by atoms with Crippen LogP contribution in [-0.2, 0) is 9.59 Å². The predicted octanol–water partition coefficient (Wildman–Crippen LogP) is 1.52. The lowest BCUT2D eigenvalue weighted by Gasteiger charge is -2.14. The molecule has 3 N–H and O–H groups in total. The van der Waals surface area contributed by atoms with Crippen LogP contribution in [0, 0.1) is 0 Å². The van der Waals surface area contributed by atoms with Gasteiger partial charge in [0.25, 0.3) is 0 Å². The Morgan fingerprint density at radius 2 is 2.16 bits per heavy atom. The van der Waals surface area contributed by atoms with E-state index in [-0.39, 0.29) is 19.0 Å². The number of carboxylic acid groups (broad SMARTS) is 1. The molecular formula is C14H18Cl2N6O3. The molecule has 1 atom stereocenters. The maximum absolute atomic E-state index is 12.0. The summed E-state index contributed by atoms with van der Waals surface area (Å²) in [6.45, 7) is 1.74. The minimum absolute atomic E-state index is 0. The summed E-state index contributed by atoms with van der Waals surface area (Å²) in [6, 6.07) is 4.17. The number of anilines is 1. The summed E-state index contributed by atoms with van der Waals surface area (Å²) >= 11 is 6.07. The third-order valence-corrected chi connectivity index (χ3v) is 3.55. The van der Waals surface area contributed by atoms with Gasteiger partial charge in [0.1, 0.15) is 12.4 Å². The standard InChI is InChI=1S/C14H17ClN6O3.ClH/c1-2-3-11(14(23)24)16-7-13(22)18-12-6-9(4-5-10(12)15)21-8-17-19-20-21;/h4-6,8,11,16H,2-3,7H2,1H3,(H,18,22)(H,23,24);1H. The quantitative estimate of drug-likeness (QED) is 0.626. The van der Waals surface area contributed by atoms with Crippen LogP contribution in [0.15, 0.2) is 24.5 Å². The molecule has 2 aromatic rings. The molecule has 25 heavy (non-hydrogen) atoms. The minimum atomic E-state index is -0.983. The van der Waals surface area contributed by atoms with Crippen LogP contribution in [0.25, 0.3) is 5.69 Å². The van der Waals surface area contributed by atoms with Crippen LogP contribution in [0.1, 0.15) is 19.8 Å². The van der Waals surface area contributed by atoms with E-state index < -0.39 is 17.9 Å². The highest BCUT2D eigenvalue weighted by Crippen LogP contribution is 2.24. The molecule has 0 aliphatic rings. The number of nitrogens with zero attached hydrogens (tertiary/aromatic N) is 4. The van der Waals surface area contributed by atoms with Crippen LogP contribution >= 0.6 is 24.0 Å². The number of carboxylic acids is 1. The maximum atomic E-state index is 12.0. The molecule has 1 aromatic carbocycles. The number of hydrogen-bond donors (Lipinski definition) is 3. The zero-order chi connectivity index (χ0) is 17.5. The molecule has 0 radical (unpaired) electrons. The minimum Gasteiger partial charge on any atom is -0.480 e. The fourth-order valence-corrected chi connectivity index (χ4v) is 2.21. The Balaban J connectivity index is 0.00000312. The fraction of sp³-hybridized carbons (Fsp3) is 0.357. The van der Waals surface area contributed by atoms with E-state index in [2.05, 4.69) is 26.2 Å². The lowest BCUT2D eigenvalue weighted by Crippen LogP contribution is -2.41.